The largest absolute Gasteiger partial charge is 0.356 e. The molecule has 0 spiro atoms. The minimum Gasteiger partial charge on any atom is -0.356 e. The topological polar surface area (TPSA) is 45.5 Å². The maximum atomic E-state index is 4.57. The van der Waals surface area contributed by atoms with Gasteiger partial charge < -0.3 is 10.2 Å². The van der Waals surface area contributed by atoms with E-state index in [2.05, 4.69) is 68.2 Å². The molecule has 0 aliphatic heterocycles. The molecule has 0 bridgehead atoms. The van der Waals surface area contributed by atoms with Gasteiger partial charge in [0.25, 0.3) is 0 Å². The van der Waals surface area contributed by atoms with Crippen LogP contribution in [0.15, 0.2) is 11.2 Å². The first-order valence-electron chi connectivity index (χ1n) is 8.08. The van der Waals surface area contributed by atoms with E-state index in [0.717, 1.165) is 25.5 Å². The number of hydrogen-bond acceptors (Lipinski definition) is 2. The molecule has 0 radical (unpaired) electrons. The lowest BCUT2D eigenvalue weighted by atomic mass is 9.92. The van der Waals surface area contributed by atoms with Gasteiger partial charge in [-0.15, -0.1) is 24.0 Å². The third-order valence-electron chi connectivity index (χ3n) is 3.62. The number of aliphatic imine (C=N–C) groups is 1. The molecule has 134 valence electrons. The third-order valence-corrected chi connectivity index (χ3v) is 3.62. The molecular weight excluding hydrogens is 401 g/mol. The fourth-order valence-electron chi connectivity index (χ4n) is 2.43. The van der Waals surface area contributed by atoms with E-state index >= 15 is 0 Å². The second-order valence-corrected chi connectivity index (χ2v) is 7.51. The Bertz CT molecular complexity index is 500. The highest BCUT2D eigenvalue weighted by molar-refractivity contribution is 14.0. The Kier molecular flexibility index (Phi) is 9.17. The average molecular weight is 435 g/mol. The van der Waals surface area contributed by atoms with Gasteiger partial charge in [0, 0.05) is 46.0 Å². The Hall–Kier alpha value is -0.790. The Morgan fingerprint density at radius 2 is 2.00 bits per heavy atom. The molecule has 1 aromatic heterocycles. The molecule has 5 nitrogen and oxygen atoms in total. The Morgan fingerprint density at radius 1 is 1.39 bits per heavy atom. The summed E-state index contributed by atoms with van der Waals surface area (Å²) < 4.78 is 1.90. The molecule has 0 amide bonds. The summed E-state index contributed by atoms with van der Waals surface area (Å²) in [7, 11) is 5.89. The van der Waals surface area contributed by atoms with E-state index in [0.29, 0.717) is 11.3 Å². The van der Waals surface area contributed by atoms with E-state index < -0.39 is 0 Å². The molecule has 0 saturated heterocycles. The number of hydrogen-bond donors (Lipinski definition) is 1. The van der Waals surface area contributed by atoms with E-state index in [1.165, 1.54) is 11.3 Å². The first-order chi connectivity index (χ1) is 10.1. The average Bonchev–Trinajstić information content (AvgIpc) is 2.74. The number of nitrogens with zero attached hydrogens (tertiary/aromatic N) is 4. The summed E-state index contributed by atoms with van der Waals surface area (Å²) in [6.07, 6.45) is 3.22. The van der Waals surface area contributed by atoms with Crippen molar-refractivity contribution in [2.75, 3.05) is 20.6 Å². The van der Waals surface area contributed by atoms with Gasteiger partial charge in [0.15, 0.2) is 5.96 Å². The van der Waals surface area contributed by atoms with Gasteiger partial charge in [0.05, 0.1) is 5.69 Å². The van der Waals surface area contributed by atoms with Crippen molar-refractivity contribution in [3.8, 4) is 0 Å². The number of rotatable bonds is 5. The number of nitrogens with one attached hydrogen (secondary N) is 1. The van der Waals surface area contributed by atoms with E-state index in [1.807, 2.05) is 18.8 Å². The molecule has 6 heteroatoms. The maximum absolute atomic E-state index is 4.57. The van der Waals surface area contributed by atoms with Gasteiger partial charge in [-0.1, -0.05) is 34.6 Å². The Balaban J connectivity index is 0.00000484. The monoisotopic (exact) mass is 435 g/mol. The predicted molar refractivity (Wildman–Crippen MR) is 110 cm³/mol. The first-order valence-corrected chi connectivity index (χ1v) is 8.08. The van der Waals surface area contributed by atoms with E-state index in [1.54, 1.807) is 0 Å². The molecule has 23 heavy (non-hydrogen) atoms. The van der Waals surface area contributed by atoms with Crippen LogP contribution in [0.4, 0.5) is 0 Å². The van der Waals surface area contributed by atoms with Crippen molar-refractivity contribution in [1.29, 1.82) is 0 Å². The zero-order valence-corrected chi connectivity index (χ0v) is 18.3. The predicted octanol–water partition coefficient (Wildman–Crippen LogP) is 3.60. The number of aryl methyl sites for hydroxylation is 1. The van der Waals surface area contributed by atoms with Gasteiger partial charge >= 0.3 is 0 Å². The van der Waals surface area contributed by atoms with Crippen molar-refractivity contribution in [3.05, 3.63) is 17.5 Å². The first kappa shape index (κ1) is 22.2. The molecule has 0 aliphatic rings. The summed E-state index contributed by atoms with van der Waals surface area (Å²) in [4.78, 5) is 6.55. The van der Waals surface area contributed by atoms with E-state index in [-0.39, 0.29) is 24.0 Å². The van der Waals surface area contributed by atoms with Crippen molar-refractivity contribution in [3.63, 3.8) is 0 Å². The molecule has 1 rings (SSSR count). The molecule has 0 fully saturated rings. The maximum Gasteiger partial charge on any atom is 0.193 e. The fraction of sp³-hybridized carbons (Fsp3) is 0.765. The number of halogens is 1. The molecule has 0 atom stereocenters. The van der Waals surface area contributed by atoms with Gasteiger partial charge in [-0.2, -0.15) is 5.10 Å². The van der Waals surface area contributed by atoms with Crippen LogP contribution in [0, 0.1) is 5.41 Å². The molecule has 1 heterocycles. The van der Waals surface area contributed by atoms with Crippen LogP contribution in [-0.2, 0) is 13.6 Å². The second kappa shape index (κ2) is 9.49. The van der Waals surface area contributed by atoms with Crippen LogP contribution in [0.25, 0.3) is 0 Å². The molecule has 0 aliphatic carbocycles. The summed E-state index contributed by atoms with van der Waals surface area (Å²) in [5.74, 6) is 1.36. The van der Waals surface area contributed by atoms with Crippen LogP contribution in [0.2, 0.25) is 0 Å². The zero-order valence-electron chi connectivity index (χ0n) is 16.0. The third kappa shape index (κ3) is 7.54. The van der Waals surface area contributed by atoms with E-state index in [9.17, 15) is 0 Å². The Morgan fingerprint density at radius 3 is 2.48 bits per heavy atom. The molecular formula is C17H34IN5. The van der Waals surface area contributed by atoms with Crippen molar-refractivity contribution in [2.45, 2.75) is 53.5 Å². The summed E-state index contributed by atoms with van der Waals surface area (Å²) in [6, 6.07) is 0. The van der Waals surface area contributed by atoms with Crippen LogP contribution in [-0.4, -0.2) is 41.3 Å². The lowest BCUT2D eigenvalue weighted by Crippen LogP contribution is -2.39. The van der Waals surface area contributed by atoms with Gasteiger partial charge in [-0.25, -0.2) is 0 Å². The van der Waals surface area contributed by atoms with Crippen LogP contribution < -0.4 is 5.32 Å². The van der Waals surface area contributed by atoms with Crippen LogP contribution in [0.5, 0.6) is 0 Å². The smallest absolute Gasteiger partial charge is 0.193 e. The highest BCUT2D eigenvalue weighted by Crippen LogP contribution is 2.19. The summed E-state index contributed by atoms with van der Waals surface area (Å²) in [6.45, 7) is 12.9. The highest BCUT2D eigenvalue weighted by Gasteiger charge is 2.15. The van der Waals surface area contributed by atoms with Crippen LogP contribution in [0.1, 0.15) is 58.2 Å². The molecule has 0 unspecified atom stereocenters. The zero-order chi connectivity index (χ0) is 16.9. The van der Waals surface area contributed by atoms with Crippen molar-refractivity contribution >= 4 is 29.9 Å². The lowest BCUT2D eigenvalue weighted by molar-refractivity contribution is 0.372. The number of guanidine groups is 1. The van der Waals surface area contributed by atoms with Crippen molar-refractivity contribution in [1.82, 2.24) is 20.0 Å². The normalized spacial score (nSPS) is 12.3. The van der Waals surface area contributed by atoms with Gasteiger partial charge in [-0.3, -0.25) is 9.67 Å². The summed E-state index contributed by atoms with van der Waals surface area (Å²) in [5, 5.41) is 8.02. The fourth-order valence-corrected chi connectivity index (χ4v) is 2.43. The Labute approximate surface area is 158 Å². The van der Waals surface area contributed by atoms with Crippen LogP contribution >= 0.6 is 24.0 Å². The molecule has 0 aromatic carbocycles. The summed E-state index contributed by atoms with van der Waals surface area (Å²) >= 11 is 0. The SMILES string of the molecule is CN=C(NCCC(C)(C)C)N(C)Cc1cn(C)nc1C(C)C.I. The second-order valence-electron chi connectivity index (χ2n) is 7.51. The van der Waals surface area contributed by atoms with Crippen LogP contribution in [0.3, 0.4) is 0 Å². The quantitative estimate of drug-likeness (QED) is 0.437. The van der Waals surface area contributed by atoms with Gasteiger partial charge in [0.1, 0.15) is 0 Å². The van der Waals surface area contributed by atoms with Gasteiger partial charge in [-0.05, 0) is 17.8 Å². The lowest BCUT2D eigenvalue weighted by Gasteiger charge is -2.24. The highest BCUT2D eigenvalue weighted by atomic mass is 127. The minimum absolute atomic E-state index is 0. The standard InChI is InChI=1S/C17H33N5.HI/c1-13(2)15-14(12-22(8)20-15)11-21(7)16(18-6)19-10-9-17(3,4)5;/h12-13H,9-11H2,1-8H3,(H,18,19);1H. The van der Waals surface area contributed by atoms with Crippen molar-refractivity contribution < 1.29 is 0 Å². The summed E-state index contributed by atoms with van der Waals surface area (Å²) in [5.41, 5.74) is 2.76. The minimum atomic E-state index is 0. The van der Waals surface area contributed by atoms with E-state index in [4.69, 9.17) is 0 Å². The molecule has 1 N–H and O–H groups in total. The number of aromatic nitrogens is 2. The van der Waals surface area contributed by atoms with Gasteiger partial charge in [0.2, 0.25) is 0 Å². The molecule has 1 aromatic rings. The van der Waals surface area contributed by atoms with Crippen molar-refractivity contribution in [2.24, 2.45) is 17.5 Å². The molecule has 0 saturated carbocycles.